The van der Waals surface area contributed by atoms with Gasteiger partial charge in [-0.05, 0) is 42.5 Å². The number of amides is 2. The highest BCUT2D eigenvalue weighted by Gasteiger charge is 2.23. The number of hydrogen-bond acceptors (Lipinski definition) is 4. The number of cyclic esters (lactones) is 1. The summed E-state index contributed by atoms with van der Waals surface area (Å²) in [4.78, 5) is 25.6. The van der Waals surface area contributed by atoms with E-state index in [0.29, 0.717) is 30.1 Å². The molecule has 26 heavy (non-hydrogen) atoms. The maximum Gasteiger partial charge on any atom is 0.414 e. The van der Waals surface area contributed by atoms with Gasteiger partial charge < -0.3 is 10.1 Å². The number of anilines is 2. The van der Waals surface area contributed by atoms with Crippen molar-refractivity contribution in [2.45, 2.75) is 0 Å². The van der Waals surface area contributed by atoms with Gasteiger partial charge in [0, 0.05) is 28.7 Å². The normalized spacial score (nSPS) is 13.5. The van der Waals surface area contributed by atoms with Crippen LogP contribution in [0.4, 0.5) is 16.2 Å². The molecule has 3 aromatic rings. The van der Waals surface area contributed by atoms with Crippen LogP contribution in [0.25, 0.3) is 11.3 Å². The molecule has 1 saturated heterocycles. The predicted molar refractivity (Wildman–Crippen MR) is 97.1 cm³/mol. The molecular weight excluding hydrogens is 332 g/mol. The van der Waals surface area contributed by atoms with Gasteiger partial charge in [-0.25, -0.2) is 4.79 Å². The number of carbonyl (C=O) groups is 2. The molecule has 0 bridgehead atoms. The monoisotopic (exact) mass is 348 g/mol. The Bertz CT molecular complexity index is 936. The molecule has 1 aliphatic rings. The molecule has 4 rings (SSSR count). The van der Waals surface area contributed by atoms with Crippen LogP contribution in [0.5, 0.6) is 0 Å². The van der Waals surface area contributed by atoms with E-state index in [1.165, 1.54) is 4.90 Å². The van der Waals surface area contributed by atoms with E-state index < -0.39 is 0 Å². The van der Waals surface area contributed by atoms with Gasteiger partial charge in [-0.15, -0.1) is 0 Å². The summed E-state index contributed by atoms with van der Waals surface area (Å²) in [5.74, 6) is -0.220. The number of ether oxygens (including phenoxy) is 1. The number of nitrogens with one attached hydrogen (secondary N) is 2. The maximum atomic E-state index is 12.5. The summed E-state index contributed by atoms with van der Waals surface area (Å²) in [5, 5.41) is 9.71. The second kappa shape index (κ2) is 6.72. The molecule has 1 aromatic heterocycles. The summed E-state index contributed by atoms with van der Waals surface area (Å²) in [5.41, 5.74) is 3.72. The fourth-order valence-electron chi connectivity index (χ4n) is 2.81. The van der Waals surface area contributed by atoms with Crippen LogP contribution in [-0.2, 0) is 4.74 Å². The Balaban J connectivity index is 1.48. The topological polar surface area (TPSA) is 87.3 Å². The Morgan fingerprint density at radius 2 is 2.00 bits per heavy atom. The van der Waals surface area contributed by atoms with Gasteiger partial charge in [0.05, 0.1) is 12.2 Å². The lowest BCUT2D eigenvalue weighted by molar-refractivity contribution is 0.102. The number of H-pyrrole nitrogens is 1. The lowest BCUT2D eigenvalue weighted by Gasteiger charge is -2.13. The Hall–Kier alpha value is -3.61. The molecule has 0 saturated carbocycles. The minimum Gasteiger partial charge on any atom is -0.447 e. The van der Waals surface area contributed by atoms with Crippen molar-refractivity contribution < 1.29 is 14.3 Å². The molecule has 130 valence electrons. The zero-order valence-electron chi connectivity index (χ0n) is 13.8. The van der Waals surface area contributed by atoms with E-state index in [2.05, 4.69) is 15.5 Å². The van der Waals surface area contributed by atoms with E-state index in [4.69, 9.17) is 4.74 Å². The van der Waals surface area contributed by atoms with E-state index in [1.54, 1.807) is 30.5 Å². The van der Waals surface area contributed by atoms with Crippen LogP contribution in [0.1, 0.15) is 10.4 Å². The van der Waals surface area contributed by atoms with Gasteiger partial charge in [0.2, 0.25) is 0 Å². The fraction of sp³-hybridized carbons (Fsp3) is 0.105. The van der Waals surface area contributed by atoms with Gasteiger partial charge in [-0.3, -0.25) is 14.8 Å². The number of aromatic nitrogens is 2. The van der Waals surface area contributed by atoms with Crippen molar-refractivity contribution in [3.63, 3.8) is 0 Å². The minimum atomic E-state index is -0.363. The fourth-order valence-corrected chi connectivity index (χ4v) is 2.81. The average molecular weight is 348 g/mol. The van der Waals surface area contributed by atoms with Crippen molar-refractivity contribution in [1.29, 1.82) is 0 Å². The summed E-state index contributed by atoms with van der Waals surface area (Å²) in [7, 11) is 0. The standard InChI is InChI=1S/C19H16N4O3/c24-18(13-4-6-16(7-5-13)23-10-11-26-19(23)25)21-15-3-1-2-14(12-15)17-8-9-20-22-17/h1-9,12H,10-11H2,(H,20,22)(H,21,24). The van der Waals surface area contributed by atoms with E-state index in [1.807, 2.05) is 30.3 Å². The highest BCUT2D eigenvalue weighted by atomic mass is 16.6. The molecule has 7 heteroatoms. The molecule has 2 N–H and O–H groups in total. The third-order valence-corrected chi connectivity index (χ3v) is 4.13. The predicted octanol–water partition coefficient (Wildman–Crippen LogP) is 3.29. The minimum absolute atomic E-state index is 0.220. The van der Waals surface area contributed by atoms with Crippen LogP contribution in [-0.4, -0.2) is 35.3 Å². The molecule has 1 aliphatic heterocycles. The van der Waals surface area contributed by atoms with Crippen LogP contribution in [0.2, 0.25) is 0 Å². The van der Waals surface area contributed by atoms with Crippen LogP contribution < -0.4 is 10.2 Å². The van der Waals surface area contributed by atoms with Crippen LogP contribution >= 0.6 is 0 Å². The van der Waals surface area contributed by atoms with E-state index >= 15 is 0 Å². The quantitative estimate of drug-likeness (QED) is 0.757. The summed E-state index contributed by atoms with van der Waals surface area (Å²) in [6.07, 6.45) is 1.32. The van der Waals surface area contributed by atoms with Gasteiger partial charge in [0.25, 0.3) is 5.91 Å². The largest absolute Gasteiger partial charge is 0.447 e. The van der Waals surface area contributed by atoms with Crippen LogP contribution in [0, 0.1) is 0 Å². The van der Waals surface area contributed by atoms with E-state index in [0.717, 1.165) is 11.3 Å². The van der Waals surface area contributed by atoms with Crippen molar-refractivity contribution in [2.24, 2.45) is 0 Å². The number of rotatable bonds is 4. The van der Waals surface area contributed by atoms with Crippen molar-refractivity contribution in [3.05, 3.63) is 66.4 Å². The molecule has 0 spiro atoms. The van der Waals surface area contributed by atoms with Crippen molar-refractivity contribution in [3.8, 4) is 11.3 Å². The molecule has 0 aliphatic carbocycles. The first-order valence-electron chi connectivity index (χ1n) is 8.16. The van der Waals surface area contributed by atoms with Gasteiger partial charge in [-0.1, -0.05) is 12.1 Å². The highest BCUT2D eigenvalue weighted by Crippen LogP contribution is 2.22. The van der Waals surface area contributed by atoms with Crippen LogP contribution in [0.3, 0.4) is 0 Å². The SMILES string of the molecule is O=C(Nc1cccc(-c2ccn[nH]2)c1)c1ccc(N2CCOC2=O)cc1. The van der Waals surface area contributed by atoms with Crippen LogP contribution in [0.15, 0.2) is 60.8 Å². The Morgan fingerprint density at radius 1 is 1.15 bits per heavy atom. The third kappa shape index (κ3) is 3.14. The summed E-state index contributed by atoms with van der Waals surface area (Å²) < 4.78 is 4.92. The molecule has 7 nitrogen and oxygen atoms in total. The summed E-state index contributed by atoms with van der Waals surface area (Å²) >= 11 is 0. The number of hydrogen-bond donors (Lipinski definition) is 2. The van der Waals surface area contributed by atoms with Gasteiger partial charge in [0.15, 0.2) is 0 Å². The molecule has 0 atom stereocenters. The van der Waals surface area contributed by atoms with Gasteiger partial charge in [-0.2, -0.15) is 5.10 Å². The number of aromatic amines is 1. The highest BCUT2D eigenvalue weighted by molar-refractivity contribution is 6.05. The maximum absolute atomic E-state index is 12.5. The molecule has 1 fully saturated rings. The zero-order chi connectivity index (χ0) is 17.9. The zero-order valence-corrected chi connectivity index (χ0v) is 13.8. The first kappa shape index (κ1) is 15.9. The number of benzene rings is 2. The Morgan fingerprint density at radius 3 is 2.69 bits per heavy atom. The molecule has 2 aromatic carbocycles. The average Bonchev–Trinajstić information content (AvgIpc) is 3.34. The smallest absolute Gasteiger partial charge is 0.414 e. The van der Waals surface area contributed by atoms with Gasteiger partial charge >= 0.3 is 6.09 Å². The lowest BCUT2D eigenvalue weighted by Crippen LogP contribution is -2.23. The lowest BCUT2D eigenvalue weighted by atomic mass is 10.1. The first-order chi connectivity index (χ1) is 12.7. The third-order valence-electron chi connectivity index (χ3n) is 4.13. The number of nitrogens with zero attached hydrogens (tertiary/aromatic N) is 2. The Kier molecular flexibility index (Phi) is 4.10. The van der Waals surface area contributed by atoms with E-state index in [-0.39, 0.29) is 12.0 Å². The van der Waals surface area contributed by atoms with E-state index in [9.17, 15) is 9.59 Å². The first-order valence-corrected chi connectivity index (χ1v) is 8.16. The molecule has 0 radical (unpaired) electrons. The second-order valence-corrected chi connectivity index (χ2v) is 5.82. The Labute approximate surface area is 149 Å². The molecule has 2 amide bonds. The molecule has 0 unspecified atom stereocenters. The van der Waals surface area contributed by atoms with Crippen molar-refractivity contribution >= 4 is 23.4 Å². The van der Waals surface area contributed by atoms with Crippen molar-refractivity contribution in [2.75, 3.05) is 23.4 Å². The van der Waals surface area contributed by atoms with Crippen molar-refractivity contribution in [1.82, 2.24) is 10.2 Å². The molecular formula is C19H16N4O3. The summed E-state index contributed by atoms with van der Waals surface area (Å²) in [6, 6.07) is 16.2. The molecule has 2 heterocycles. The summed E-state index contributed by atoms with van der Waals surface area (Å²) in [6.45, 7) is 0.901. The van der Waals surface area contributed by atoms with Gasteiger partial charge in [0.1, 0.15) is 6.61 Å². The second-order valence-electron chi connectivity index (χ2n) is 5.82. The number of carbonyl (C=O) groups excluding carboxylic acids is 2.